The maximum atomic E-state index is 11.7. The van der Waals surface area contributed by atoms with Gasteiger partial charge >= 0.3 is 0 Å². The number of hydrogen-bond donors (Lipinski definition) is 1. The first-order valence-electron chi connectivity index (χ1n) is 6.33. The van der Waals surface area contributed by atoms with Gasteiger partial charge in [0.25, 0.3) is 5.91 Å². The molecule has 0 atom stereocenters. The van der Waals surface area contributed by atoms with Crippen molar-refractivity contribution in [2.24, 2.45) is 0 Å². The van der Waals surface area contributed by atoms with Crippen molar-refractivity contribution >= 4 is 11.7 Å². The number of anilines is 1. The summed E-state index contributed by atoms with van der Waals surface area (Å²) in [7, 11) is 0. The lowest BCUT2D eigenvalue weighted by molar-refractivity contribution is 0.102. The monoisotopic (exact) mass is 278 g/mol. The van der Waals surface area contributed by atoms with Gasteiger partial charge in [-0.05, 0) is 24.3 Å². The lowest BCUT2D eigenvalue weighted by Gasteiger charge is -2.02. The molecule has 0 unspecified atom stereocenters. The number of nitrogens with one attached hydrogen (secondary N) is 1. The third-order valence-corrected chi connectivity index (χ3v) is 2.42. The van der Waals surface area contributed by atoms with E-state index in [-0.39, 0.29) is 5.91 Å². The Kier molecular flexibility index (Phi) is 5.57. The zero-order chi connectivity index (χ0) is 14.8. The summed E-state index contributed by atoms with van der Waals surface area (Å²) in [6, 6.07) is 14.4. The Morgan fingerprint density at radius 3 is 1.90 bits per heavy atom. The Morgan fingerprint density at radius 1 is 0.762 bits per heavy atom. The van der Waals surface area contributed by atoms with Crippen LogP contribution in [-0.4, -0.2) is 20.9 Å². The highest BCUT2D eigenvalue weighted by molar-refractivity contribution is 6.03. The molecule has 1 N–H and O–H groups in total. The van der Waals surface area contributed by atoms with Gasteiger partial charge in [0.05, 0.1) is 0 Å². The molecule has 104 valence electrons. The minimum absolute atomic E-state index is 0.144. The Labute approximate surface area is 122 Å². The molecule has 2 aromatic heterocycles. The number of rotatable bonds is 2. The highest BCUT2D eigenvalue weighted by atomic mass is 16.1. The van der Waals surface area contributed by atoms with E-state index in [1.165, 1.54) is 0 Å². The molecule has 0 aliphatic rings. The molecule has 3 aromatic rings. The Hall–Kier alpha value is -3.08. The van der Waals surface area contributed by atoms with Crippen LogP contribution in [0.4, 0.5) is 5.82 Å². The van der Waals surface area contributed by atoms with Crippen LogP contribution in [0.1, 0.15) is 10.4 Å². The number of aromatic nitrogens is 3. The van der Waals surface area contributed by atoms with Gasteiger partial charge in [0, 0.05) is 36.5 Å². The van der Waals surface area contributed by atoms with Crippen molar-refractivity contribution in [3.8, 4) is 0 Å². The zero-order valence-electron chi connectivity index (χ0n) is 11.3. The molecule has 0 spiro atoms. The van der Waals surface area contributed by atoms with Gasteiger partial charge in [0.2, 0.25) is 0 Å². The summed E-state index contributed by atoms with van der Waals surface area (Å²) in [6.45, 7) is 0. The predicted octanol–water partition coefficient (Wildman–Crippen LogP) is 2.81. The summed E-state index contributed by atoms with van der Waals surface area (Å²) in [5, 5.41) is 2.71. The Balaban J connectivity index is 0.000000225. The summed E-state index contributed by atoms with van der Waals surface area (Å²) in [5.74, 6) is 0.417. The highest BCUT2D eigenvalue weighted by Gasteiger charge is 2.04. The molecule has 0 bridgehead atoms. The van der Waals surface area contributed by atoms with Crippen molar-refractivity contribution in [1.82, 2.24) is 15.0 Å². The van der Waals surface area contributed by atoms with Crippen molar-refractivity contribution < 1.29 is 4.79 Å². The van der Waals surface area contributed by atoms with Gasteiger partial charge in [-0.3, -0.25) is 14.8 Å². The predicted molar refractivity (Wildman–Crippen MR) is 80.7 cm³/mol. The lowest BCUT2D eigenvalue weighted by atomic mass is 10.2. The number of hydrogen-bond acceptors (Lipinski definition) is 4. The topological polar surface area (TPSA) is 67.8 Å². The van der Waals surface area contributed by atoms with Crippen LogP contribution in [0.5, 0.6) is 0 Å². The Bertz CT molecular complexity index is 618. The van der Waals surface area contributed by atoms with Crippen molar-refractivity contribution in [3.05, 3.63) is 85.1 Å². The maximum absolute atomic E-state index is 11.7. The van der Waals surface area contributed by atoms with E-state index >= 15 is 0 Å². The van der Waals surface area contributed by atoms with Crippen LogP contribution >= 0.6 is 0 Å². The third-order valence-electron chi connectivity index (χ3n) is 2.42. The van der Waals surface area contributed by atoms with Gasteiger partial charge in [-0.1, -0.05) is 24.3 Å². The summed E-state index contributed by atoms with van der Waals surface area (Å²) < 4.78 is 0. The fourth-order valence-corrected chi connectivity index (χ4v) is 1.47. The first-order chi connectivity index (χ1) is 10.4. The fourth-order valence-electron chi connectivity index (χ4n) is 1.47. The maximum Gasteiger partial charge on any atom is 0.256 e. The van der Waals surface area contributed by atoms with Crippen LogP contribution in [0.25, 0.3) is 0 Å². The molecule has 0 saturated carbocycles. The van der Waals surface area contributed by atoms with E-state index in [0.29, 0.717) is 11.4 Å². The normalized spacial score (nSPS) is 9.14. The standard InChI is InChI=1S/C12H10N2O.C4H4N2/c15-12(10-6-2-1-3-7-10)14-11-8-4-5-9-13-11;1-2-6-4-3-5-1/h1-9H,(H,13,14,15);1-4H. The van der Waals surface area contributed by atoms with Crippen molar-refractivity contribution in [1.29, 1.82) is 0 Å². The molecule has 0 aliphatic heterocycles. The molecule has 0 radical (unpaired) electrons. The second-order valence-electron chi connectivity index (χ2n) is 3.93. The summed E-state index contributed by atoms with van der Waals surface area (Å²) in [6.07, 6.45) is 8.20. The zero-order valence-corrected chi connectivity index (χ0v) is 11.3. The molecule has 5 heteroatoms. The number of nitrogens with zero attached hydrogens (tertiary/aromatic N) is 3. The number of amides is 1. The summed E-state index contributed by atoms with van der Waals surface area (Å²) >= 11 is 0. The van der Waals surface area contributed by atoms with Crippen LogP contribution in [0.3, 0.4) is 0 Å². The van der Waals surface area contributed by atoms with E-state index in [2.05, 4.69) is 20.3 Å². The number of carbonyl (C=O) groups is 1. The van der Waals surface area contributed by atoms with Crippen LogP contribution in [0, 0.1) is 0 Å². The SMILES string of the molecule is O=C(Nc1ccccn1)c1ccccc1.c1cnccn1. The van der Waals surface area contributed by atoms with Crippen LogP contribution in [-0.2, 0) is 0 Å². The quantitative estimate of drug-likeness (QED) is 0.782. The molecule has 21 heavy (non-hydrogen) atoms. The van der Waals surface area contributed by atoms with Gasteiger partial charge in [0.15, 0.2) is 0 Å². The minimum Gasteiger partial charge on any atom is -0.307 e. The molecular formula is C16H14N4O. The minimum atomic E-state index is -0.144. The van der Waals surface area contributed by atoms with Gasteiger partial charge in [0.1, 0.15) is 5.82 Å². The third kappa shape index (κ3) is 5.20. The Morgan fingerprint density at radius 2 is 1.38 bits per heavy atom. The number of pyridine rings is 1. The molecule has 1 amide bonds. The molecule has 0 saturated heterocycles. The largest absolute Gasteiger partial charge is 0.307 e. The average molecular weight is 278 g/mol. The molecule has 2 heterocycles. The van der Waals surface area contributed by atoms with Gasteiger partial charge in [-0.25, -0.2) is 4.98 Å². The fraction of sp³-hybridized carbons (Fsp3) is 0. The second kappa shape index (κ2) is 8.16. The van der Waals surface area contributed by atoms with Gasteiger partial charge < -0.3 is 5.32 Å². The highest BCUT2D eigenvalue weighted by Crippen LogP contribution is 2.04. The van der Waals surface area contributed by atoms with Crippen molar-refractivity contribution in [3.63, 3.8) is 0 Å². The second-order valence-corrected chi connectivity index (χ2v) is 3.93. The smallest absolute Gasteiger partial charge is 0.256 e. The van der Waals surface area contributed by atoms with Gasteiger partial charge in [-0.15, -0.1) is 0 Å². The van der Waals surface area contributed by atoms with Crippen LogP contribution < -0.4 is 5.32 Å². The lowest BCUT2D eigenvalue weighted by Crippen LogP contribution is -2.12. The average Bonchev–Trinajstić information content (AvgIpc) is 2.59. The van der Waals surface area contributed by atoms with Gasteiger partial charge in [-0.2, -0.15) is 0 Å². The molecular weight excluding hydrogens is 264 g/mol. The first kappa shape index (κ1) is 14.3. The molecule has 5 nitrogen and oxygen atoms in total. The van der Waals surface area contributed by atoms with E-state index in [0.717, 1.165) is 0 Å². The van der Waals surface area contributed by atoms with E-state index < -0.39 is 0 Å². The van der Waals surface area contributed by atoms with Crippen LogP contribution in [0.2, 0.25) is 0 Å². The summed E-state index contributed by atoms with van der Waals surface area (Å²) in [5.41, 5.74) is 0.628. The van der Waals surface area contributed by atoms with Crippen LogP contribution in [0.15, 0.2) is 79.5 Å². The van der Waals surface area contributed by atoms with E-state index in [1.807, 2.05) is 24.3 Å². The van der Waals surface area contributed by atoms with E-state index in [9.17, 15) is 4.79 Å². The molecule has 1 aromatic carbocycles. The van der Waals surface area contributed by atoms with E-state index in [1.54, 1.807) is 55.2 Å². The molecule has 3 rings (SSSR count). The first-order valence-corrected chi connectivity index (χ1v) is 6.33. The number of carbonyl (C=O) groups excluding carboxylic acids is 1. The van der Waals surface area contributed by atoms with E-state index in [4.69, 9.17) is 0 Å². The number of benzene rings is 1. The molecule has 0 aliphatic carbocycles. The van der Waals surface area contributed by atoms with Crippen molar-refractivity contribution in [2.45, 2.75) is 0 Å². The van der Waals surface area contributed by atoms with Crippen molar-refractivity contribution in [2.75, 3.05) is 5.32 Å². The summed E-state index contributed by atoms with van der Waals surface area (Å²) in [4.78, 5) is 23.1. The molecule has 0 fully saturated rings.